The highest BCUT2D eigenvalue weighted by atomic mass is 32.2. The molecular weight excluding hydrogens is 218 g/mol. The first kappa shape index (κ1) is 9.54. The molecule has 0 unspecified atom stereocenters. The number of carbonyl (C=O) groups is 1. The van der Waals surface area contributed by atoms with Crippen molar-refractivity contribution in [2.45, 2.75) is 11.6 Å². The SMILES string of the molecule is CSc1ncc2sc(CC(N)=O)cn12. The third kappa shape index (κ3) is 1.62. The maximum Gasteiger partial charge on any atom is 0.222 e. The summed E-state index contributed by atoms with van der Waals surface area (Å²) in [6, 6.07) is 0. The zero-order valence-electron chi connectivity index (χ0n) is 7.56. The fourth-order valence-electron chi connectivity index (χ4n) is 1.23. The predicted molar refractivity (Wildman–Crippen MR) is 57.7 cm³/mol. The molecule has 74 valence electrons. The molecule has 0 aliphatic carbocycles. The Kier molecular flexibility index (Phi) is 2.47. The highest BCUT2D eigenvalue weighted by molar-refractivity contribution is 7.98. The van der Waals surface area contributed by atoms with E-state index in [-0.39, 0.29) is 5.91 Å². The Morgan fingerprint density at radius 2 is 2.57 bits per heavy atom. The second kappa shape index (κ2) is 3.62. The van der Waals surface area contributed by atoms with Gasteiger partial charge in [-0.15, -0.1) is 11.3 Å². The Balaban J connectivity index is 2.41. The van der Waals surface area contributed by atoms with E-state index in [1.54, 1.807) is 29.3 Å². The van der Waals surface area contributed by atoms with E-state index in [0.29, 0.717) is 6.42 Å². The third-order valence-electron chi connectivity index (χ3n) is 1.77. The number of primary amides is 1. The normalized spacial score (nSPS) is 10.9. The summed E-state index contributed by atoms with van der Waals surface area (Å²) in [6.07, 6.45) is 6.00. The van der Waals surface area contributed by atoms with Crippen molar-refractivity contribution in [3.8, 4) is 0 Å². The number of carbonyl (C=O) groups excluding carboxylic acids is 1. The fourth-order valence-corrected chi connectivity index (χ4v) is 2.78. The molecule has 2 aromatic rings. The summed E-state index contributed by atoms with van der Waals surface area (Å²) in [5, 5.41) is 0.937. The molecule has 2 rings (SSSR count). The van der Waals surface area contributed by atoms with E-state index >= 15 is 0 Å². The lowest BCUT2D eigenvalue weighted by Gasteiger charge is -1.90. The monoisotopic (exact) mass is 227 g/mol. The Labute approximate surface area is 89.1 Å². The van der Waals surface area contributed by atoms with Gasteiger partial charge in [-0.2, -0.15) is 0 Å². The van der Waals surface area contributed by atoms with Gasteiger partial charge in [-0.1, -0.05) is 11.8 Å². The van der Waals surface area contributed by atoms with Crippen LogP contribution in [0, 0.1) is 0 Å². The van der Waals surface area contributed by atoms with Gasteiger partial charge in [0.25, 0.3) is 0 Å². The lowest BCUT2D eigenvalue weighted by molar-refractivity contribution is -0.117. The van der Waals surface area contributed by atoms with Gasteiger partial charge in [0.15, 0.2) is 5.16 Å². The molecule has 0 aliphatic heterocycles. The standard InChI is InChI=1S/C8H9N3OS2/c1-13-8-10-3-7-11(8)4-5(14-7)2-6(9)12/h3-4H,2H2,1H3,(H2,9,12). The molecule has 2 heterocycles. The average Bonchev–Trinajstić information content (AvgIpc) is 2.61. The first-order valence-corrected chi connectivity index (χ1v) is 6.03. The minimum Gasteiger partial charge on any atom is -0.369 e. The quantitative estimate of drug-likeness (QED) is 0.800. The molecule has 2 N–H and O–H groups in total. The van der Waals surface area contributed by atoms with Gasteiger partial charge >= 0.3 is 0 Å². The van der Waals surface area contributed by atoms with Gasteiger partial charge in [0.2, 0.25) is 5.91 Å². The fraction of sp³-hybridized carbons (Fsp3) is 0.250. The van der Waals surface area contributed by atoms with E-state index in [1.165, 1.54) is 0 Å². The van der Waals surface area contributed by atoms with E-state index in [1.807, 2.05) is 16.9 Å². The van der Waals surface area contributed by atoms with E-state index in [4.69, 9.17) is 5.73 Å². The molecule has 0 aliphatic rings. The van der Waals surface area contributed by atoms with Gasteiger partial charge in [-0.05, 0) is 6.26 Å². The van der Waals surface area contributed by atoms with Crippen molar-refractivity contribution in [1.82, 2.24) is 9.38 Å². The smallest absolute Gasteiger partial charge is 0.222 e. The van der Waals surface area contributed by atoms with Crippen LogP contribution in [0.15, 0.2) is 17.6 Å². The molecule has 4 nitrogen and oxygen atoms in total. The summed E-state index contributed by atoms with van der Waals surface area (Å²) in [4.78, 5) is 17.0. The third-order valence-corrected chi connectivity index (χ3v) is 3.46. The maximum absolute atomic E-state index is 10.7. The summed E-state index contributed by atoms with van der Waals surface area (Å²) < 4.78 is 1.98. The Hall–Kier alpha value is -1.01. The van der Waals surface area contributed by atoms with Crippen LogP contribution in [0.1, 0.15) is 4.88 Å². The Morgan fingerprint density at radius 3 is 3.21 bits per heavy atom. The van der Waals surface area contributed by atoms with Crippen LogP contribution in [0.5, 0.6) is 0 Å². The molecule has 0 saturated carbocycles. The van der Waals surface area contributed by atoms with Gasteiger partial charge in [0.1, 0.15) is 4.83 Å². The number of imidazole rings is 1. The molecule has 0 fully saturated rings. The van der Waals surface area contributed by atoms with E-state index < -0.39 is 0 Å². The number of fused-ring (bicyclic) bond motifs is 1. The van der Waals surface area contributed by atoms with Crippen LogP contribution in [0.2, 0.25) is 0 Å². The second-order valence-electron chi connectivity index (χ2n) is 2.79. The first-order chi connectivity index (χ1) is 6.70. The van der Waals surface area contributed by atoms with Crippen LogP contribution in [0.3, 0.4) is 0 Å². The van der Waals surface area contributed by atoms with Crippen molar-refractivity contribution < 1.29 is 4.79 Å². The van der Waals surface area contributed by atoms with Crippen molar-refractivity contribution in [3.63, 3.8) is 0 Å². The summed E-state index contributed by atoms with van der Waals surface area (Å²) in [6.45, 7) is 0. The molecule has 14 heavy (non-hydrogen) atoms. The van der Waals surface area contributed by atoms with E-state index in [0.717, 1.165) is 14.9 Å². The summed E-state index contributed by atoms with van der Waals surface area (Å²) in [5.74, 6) is -0.298. The first-order valence-electron chi connectivity index (χ1n) is 3.99. The van der Waals surface area contributed by atoms with Gasteiger partial charge in [0.05, 0.1) is 12.6 Å². The molecular formula is C8H9N3OS2. The van der Waals surface area contributed by atoms with Gasteiger partial charge in [-0.25, -0.2) is 4.98 Å². The number of rotatable bonds is 3. The van der Waals surface area contributed by atoms with Gasteiger partial charge in [0, 0.05) is 11.1 Å². The van der Waals surface area contributed by atoms with Crippen molar-refractivity contribution >= 4 is 33.8 Å². The number of hydrogen-bond donors (Lipinski definition) is 1. The molecule has 0 saturated heterocycles. The average molecular weight is 227 g/mol. The minimum absolute atomic E-state index is 0.298. The molecule has 6 heteroatoms. The lowest BCUT2D eigenvalue weighted by Crippen LogP contribution is -2.12. The number of nitrogens with zero attached hydrogens (tertiary/aromatic N) is 2. The molecule has 0 aromatic carbocycles. The number of aromatic nitrogens is 2. The molecule has 0 atom stereocenters. The molecule has 0 spiro atoms. The second-order valence-corrected chi connectivity index (χ2v) is 4.71. The zero-order chi connectivity index (χ0) is 10.1. The number of amides is 1. The Morgan fingerprint density at radius 1 is 1.79 bits per heavy atom. The summed E-state index contributed by atoms with van der Waals surface area (Å²) in [5.41, 5.74) is 5.12. The van der Waals surface area contributed by atoms with Crippen LogP contribution in [-0.4, -0.2) is 21.5 Å². The van der Waals surface area contributed by atoms with Gasteiger partial charge < -0.3 is 5.73 Å². The highest BCUT2D eigenvalue weighted by Crippen LogP contribution is 2.23. The number of nitrogens with two attached hydrogens (primary N) is 1. The van der Waals surface area contributed by atoms with Crippen molar-refractivity contribution in [3.05, 3.63) is 17.3 Å². The van der Waals surface area contributed by atoms with Crippen LogP contribution in [0.4, 0.5) is 0 Å². The lowest BCUT2D eigenvalue weighted by atomic mass is 10.4. The summed E-state index contributed by atoms with van der Waals surface area (Å²) >= 11 is 3.13. The molecule has 1 amide bonds. The van der Waals surface area contributed by atoms with Gasteiger partial charge in [-0.3, -0.25) is 9.20 Å². The largest absolute Gasteiger partial charge is 0.369 e. The van der Waals surface area contributed by atoms with E-state index in [9.17, 15) is 4.79 Å². The Bertz CT molecular complexity index is 474. The van der Waals surface area contributed by atoms with E-state index in [2.05, 4.69) is 4.98 Å². The number of hydrogen-bond acceptors (Lipinski definition) is 4. The van der Waals surface area contributed by atoms with Crippen LogP contribution in [0.25, 0.3) is 4.83 Å². The van der Waals surface area contributed by atoms with Crippen molar-refractivity contribution in [1.29, 1.82) is 0 Å². The van der Waals surface area contributed by atoms with Crippen molar-refractivity contribution in [2.24, 2.45) is 5.73 Å². The molecule has 0 radical (unpaired) electrons. The highest BCUT2D eigenvalue weighted by Gasteiger charge is 2.08. The summed E-state index contributed by atoms with van der Waals surface area (Å²) in [7, 11) is 0. The number of thiazole rings is 1. The maximum atomic E-state index is 10.7. The molecule has 0 bridgehead atoms. The zero-order valence-corrected chi connectivity index (χ0v) is 9.19. The van der Waals surface area contributed by atoms with Crippen LogP contribution >= 0.6 is 23.1 Å². The van der Waals surface area contributed by atoms with Crippen LogP contribution in [-0.2, 0) is 11.2 Å². The number of thioether (sulfide) groups is 1. The predicted octanol–water partition coefficient (Wildman–Crippen LogP) is 1.15. The van der Waals surface area contributed by atoms with Crippen molar-refractivity contribution in [2.75, 3.05) is 6.26 Å². The van der Waals surface area contributed by atoms with Crippen LogP contribution < -0.4 is 5.73 Å². The topological polar surface area (TPSA) is 60.4 Å². The minimum atomic E-state index is -0.298. The molecule has 2 aromatic heterocycles.